The van der Waals surface area contributed by atoms with Crippen molar-refractivity contribution in [2.24, 2.45) is 0 Å². The van der Waals surface area contributed by atoms with E-state index >= 15 is 0 Å². The lowest BCUT2D eigenvalue weighted by molar-refractivity contribution is 0.745. The Morgan fingerprint density at radius 3 is 2.18 bits per heavy atom. The van der Waals surface area contributed by atoms with E-state index in [2.05, 4.69) is 42.9 Å². The van der Waals surface area contributed by atoms with Crippen LogP contribution in [0.5, 0.6) is 0 Å². The predicted octanol–water partition coefficient (Wildman–Crippen LogP) is 4.80. The molecule has 0 saturated heterocycles. The molecule has 114 valence electrons. The highest BCUT2D eigenvalue weighted by Crippen LogP contribution is 2.24. The van der Waals surface area contributed by atoms with E-state index in [1.54, 1.807) is 0 Å². The summed E-state index contributed by atoms with van der Waals surface area (Å²) < 4.78 is 0. The Hall–Kier alpha value is -2.45. The predicted molar refractivity (Wildman–Crippen MR) is 95.4 cm³/mol. The zero-order valence-corrected chi connectivity index (χ0v) is 13.8. The van der Waals surface area contributed by atoms with E-state index in [0.29, 0.717) is 5.57 Å². The fourth-order valence-electron chi connectivity index (χ4n) is 2.42. The highest BCUT2D eigenvalue weighted by molar-refractivity contribution is 5.82. The third kappa shape index (κ3) is 4.54. The number of anilines is 1. The van der Waals surface area contributed by atoms with Crippen LogP contribution in [0.25, 0.3) is 5.57 Å². The molecule has 2 nitrogen and oxygen atoms in total. The molecule has 0 heterocycles. The molecule has 1 aromatic rings. The Bertz CT molecular complexity index is 585. The van der Waals surface area contributed by atoms with Crippen LogP contribution in [0.1, 0.15) is 39.2 Å². The molecule has 0 atom stereocenters. The second-order valence-corrected chi connectivity index (χ2v) is 5.08. The number of rotatable bonds is 7. The van der Waals surface area contributed by atoms with E-state index in [4.69, 9.17) is 6.42 Å². The molecule has 0 amide bonds. The number of terminal acetylenes is 1. The first-order valence-electron chi connectivity index (χ1n) is 7.80. The van der Waals surface area contributed by atoms with Gasteiger partial charge in [-0.3, -0.25) is 0 Å². The summed E-state index contributed by atoms with van der Waals surface area (Å²) in [4.78, 5) is 2.38. The summed E-state index contributed by atoms with van der Waals surface area (Å²) in [5.41, 5.74) is 3.36. The Labute approximate surface area is 134 Å². The van der Waals surface area contributed by atoms with Gasteiger partial charge in [0.25, 0.3) is 0 Å². The molecule has 0 aliphatic rings. The second kappa shape index (κ2) is 9.48. The fourth-order valence-corrected chi connectivity index (χ4v) is 2.42. The van der Waals surface area contributed by atoms with Gasteiger partial charge in [-0.15, -0.1) is 6.42 Å². The quantitative estimate of drug-likeness (QED) is 0.410. The molecule has 1 rings (SSSR count). The summed E-state index contributed by atoms with van der Waals surface area (Å²) in [5, 5.41) is 9.17. The average Bonchev–Trinajstić information content (AvgIpc) is 2.55. The van der Waals surface area contributed by atoms with E-state index < -0.39 is 0 Å². The molecule has 2 heteroatoms. The van der Waals surface area contributed by atoms with E-state index in [0.717, 1.165) is 37.1 Å². The highest BCUT2D eigenvalue weighted by atomic mass is 15.1. The van der Waals surface area contributed by atoms with Gasteiger partial charge in [0.15, 0.2) is 0 Å². The molecule has 0 unspecified atom stereocenters. The summed E-state index contributed by atoms with van der Waals surface area (Å²) in [7, 11) is 0. The van der Waals surface area contributed by atoms with Crippen LogP contribution in [0.3, 0.4) is 0 Å². The number of hydrogen-bond donors (Lipinski definition) is 0. The van der Waals surface area contributed by atoms with Crippen LogP contribution in [-0.4, -0.2) is 13.1 Å². The lowest BCUT2D eigenvalue weighted by Crippen LogP contribution is -2.24. The topological polar surface area (TPSA) is 27.0 Å². The zero-order valence-electron chi connectivity index (χ0n) is 13.8. The number of allylic oxidation sites excluding steroid dienone is 4. The van der Waals surface area contributed by atoms with E-state index in [9.17, 15) is 5.26 Å². The first kappa shape index (κ1) is 17.6. The summed E-state index contributed by atoms with van der Waals surface area (Å²) in [6.07, 6.45) is 11.5. The molecule has 0 fully saturated rings. The normalized spacial score (nSPS) is 11.7. The maximum atomic E-state index is 9.17. The molecule has 0 aliphatic carbocycles. The van der Waals surface area contributed by atoms with Crippen LogP contribution >= 0.6 is 0 Å². The van der Waals surface area contributed by atoms with Gasteiger partial charge in [0.05, 0.1) is 0 Å². The van der Waals surface area contributed by atoms with E-state index in [-0.39, 0.29) is 0 Å². The van der Waals surface area contributed by atoms with Crippen molar-refractivity contribution in [3.05, 3.63) is 47.6 Å². The average molecular weight is 292 g/mol. The molecule has 0 saturated carbocycles. The van der Waals surface area contributed by atoms with E-state index in [1.807, 2.05) is 31.2 Å². The lowest BCUT2D eigenvalue weighted by atomic mass is 9.99. The second-order valence-electron chi connectivity index (χ2n) is 5.08. The van der Waals surface area contributed by atoms with Gasteiger partial charge in [-0.1, -0.05) is 44.1 Å². The minimum Gasteiger partial charge on any atom is -0.372 e. The maximum absolute atomic E-state index is 9.17. The number of hydrogen-bond acceptors (Lipinski definition) is 2. The monoisotopic (exact) mass is 292 g/mol. The minimum atomic E-state index is 0.366. The number of benzene rings is 1. The molecular weight excluding hydrogens is 268 g/mol. The van der Waals surface area contributed by atoms with Crippen LogP contribution in [-0.2, 0) is 0 Å². The van der Waals surface area contributed by atoms with Gasteiger partial charge >= 0.3 is 0 Å². The molecule has 22 heavy (non-hydrogen) atoms. The molecule has 0 N–H and O–H groups in total. The van der Waals surface area contributed by atoms with E-state index in [1.165, 1.54) is 5.69 Å². The smallest absolute Gasteiger partial charge is 0.109 e. The summed E-state index contributed by atoms with van der Waals surface area (Å²) in [6.45, 7) is 8.41. The molecule has 0 spiro atoms. The lowest BCUT2D eigenvalue weighted by Gasteiger charge is -2.24. The van der Waals surface area contributed by atoms with Crippen molar-refractivity contribution in [3.8, 4) is 18.4 Å². The summed E-state index contributed by atoms with van der Waals surface area (Å²) in [6, 6.07) is 10.4. The van der Waals surface area contributed by atoms with Gasteiger partial charge in [0, 0.05) is 24.4 Å². The zero-order chi connectivity index (χ0) is 16.4. The van der Waals surface area contributed by atoms with Gasteiger partial charge in [0.2, 0.25) is 0 Å². The van der Waals surface area contributed by atoms with Crippen molar-refractivity contribution < 1.29 is 0 Å². The first-order chi connectivity index (χ1) is 10.7. The molecule has 0 aromatic heterocycles. The third-order valence-electron chi connectivity index (χ3n) is 3.39. The van der Waals surface area contributed by atoms with Crippen molar-refractivity contribution in [3.63, 3.8) is 0 Å². The number of nitriles is 1. The van der Waals surface area contributed by atoms with Crippen molar-refractivity contribution in [2.45, 2.75) is 33.6 Å². The summed E-state index contributed by atoms with van der Waals surface area (Å²) >= 11 is 0. The van der Waals surface area contributed by atoms with Crippen LogP contribution in [0.4, 0.5) is 5.69 Å². The Kier molecular flexibility index (Phi) is 7.58. The van der Waals surface area contributed by atoms with Gasteiger partial charge in [-0.05, 0) is 37.5 Å². The van der Waals surface area contributed by atoms with Gasteiger partial charge in [-0.2, -0.15) is 5.26 Å². The SMILES string of the molecule is C#C/C(C#N)=C(\C=C/C)c1ccc(N(CCC)CCC)cc1. The molecule has 1 aromatic carbocycles. The fraction of sp³-hybridized carbons (Fsp3) is 0.350. The number of nitrogens with zero attached hydrogens (tertiary/aromatic N) is 2. The molecule has 0 bridgehead atoms. The third-order valence-corrected chi connectivity index (χ3v) is 3.39. The molecule has 0 radical (unpaired) electrons. The first-order valence-corrected chi connectivity index (χ1v) is 7.80. The Balaban J connectivity index is 3.17. The van der Waals surface area contributed by atoms with Gasteiger partial charge in [0.1, 0.15) is 11.6 Å². The largest absolute Gasteiger partial charge is 0.372 e. The molecule has 0 aliphatic heterocycles. The van der Waals surface area contributed by atoms with Crippen LogP contribution in [0.2, 0.25) is 0 Å². The van der Waals surface area contributed by atoms with Crippen LogP contribution in [0, 0.1) is 23.7 Å². The summed E-state index contributed by atoms with van der Waals surface area (Å²) in [5.74, 6) is 2.47. The van der Waals surface area contributed by atoms with Crippen LogP contribution in [0.15, 0.2) is 42.0 Å². The Morgan fingerprint density at radius 1 is 1.18 bits per heavy atom. The van der Waals surface area contributed by atoms with Crippen molar-refractivity contribution in [1.82, 2.24) is 0 Å². The Morgan fingerprint density at radius 2 is 1.77 bits per heavy atom. The van der Waals surface area contributed by atoms with Gasteiger partial charge in [-0.25, -0.2) is 0 Å². The van der Waals surface area contributed by atoms with Crippen LogP contribution < -0.4 is 4.90 Å². The van der Waals surface area contributed by atoms with Gasteiger partial charge < -0.3 is 4.90 Å². The highest BCUT2D eigenvalue weighted by Gasteiger charge is 2.07. The minimum absolute atomic E-state index is 0.366. The standard InChI is InChI=1S/C20H24N2/c1-5-9-20(17(8-4)16-21)18-10-12-19(13-11-18)22(14-6-2)15-7-3/h4-5,9-13H,6-7,14-15H2,1-3H3/b9-5-,20-17-. The van der Waals surface area contributed by atoms with Crippen molar-refractivity contribution in [2.75, 3.05) is 18.0 Å². The van der Waals surface area contributed by atoms with Crippen molar-refractivity contribution >= 4 is 11.3 Å². The maximum Gasteiger partial charge on any atom is 0.109 e. The molecular formula is C20H24N2. The van der Waals surface area contributed by atoms with Crippen molar-refractivity contribution in [1.29, 1.82) is 5.26 Å².